The average Bonchev–Trinajstić information content (AvgIpc) is 2.41. The third kappa shape index (κ3) is 2.83. The second-order valence-corrected chi connectivity index (χ2v) is 6.21. The predicted molar refractivity (Wildman–Crippen MR) is 77.0 cm³/mol. The third-order valence-corrected chi connectivity index (χ3v) is 4.03. The van der Waals surface area contributed by atoms with Gasteiger partial charge in [0.2, 0.25) is 5.95 Å². The van der Waals surface area contributed by atoms with Crippen LogP contribution in [0.5, 0.6) is 0 Å². The fourth-order valence-corrected chi connectivity index (χ4v) is 2.67. The largest absolute Gasteiger partial charge is 0.350 e. The number of nitrogens with one attached hydrogen (secondary N) is 1. The molecular formula is C15H20N4. The lowest BCUT2D eigenvalue weighted by molar-refractivity contribution is 0.232. The molecule has 100 valence electrons. The SMILES string of the molecule is CC1(C)CCC(Nc2nnc3ccccc3n2)CC1. The maximum absolute atomic E-state index is 4.52. The molecule has 1 aromatic heterocycles. The molecule has 1 heterocycles. The summed E-state index contributed by atoms with van der Waals surface area (Å²) in [6.45, 7) is 4.69. The van der Waals surface area contributed by atoms with E-state index in [9.17, 15) is 0 Å². The lowest BCUT2D eigenvalue weighted by Crippen LogP contribution is -2.30. The van der Waals surface area contributed by atoms with Crippen molar-refractivity contribution in [2.75, 3.05) is 5.32 Å². The van der Waals surface area contributed by atoms with Gasteiger partial charge in [-0.1, -0.05) is 26.0 Å². The molecule has 4 nitrogen and oxygen atoms in total. The molecule has 4 heteroatoms. The molecule has 0 saturated heterocycles. The van der Waals surface area contributed by atoms with Crippen molar-refractivity contribution in [3.05, 3.63) is 24.3 Å². The molecule has 0 unspecified atom stereocenters. The first kappa shape index (κ1) is 12.3. The van der Waals surface area contributed by atoms with E-state index in [1.54, 1.807) is 0 Å². The molecule has 0 aliphatic heterocycles. The zero-order valence-electron chi connectivity index (χ0n) is 11.6. The summed E-state index contributed by atoms with van der Waals surface area (Å²) in [7, 11) is 0. The van der Waals surface area contributed by atoms with Gasteiger partial charge in [-0.15, -0.1) is 10.2 Å². The van der Waals surface area contributed by atoms with Crippen molar-refractivity contribution < 1.29 is 0 Å². The maximum Gasteiger partial charge on any atom is 0.243 e. The van der Waals surface area contributed by atoms with Gasteiger partial charge < -0.3 is 5.32 Å². The minimum Gasteiger partial charge on any atom is -0.350 e. The molecule has 0 bridgehead atoms. The highest BCUT2D eigenvalue weighted by atomic mass is 15.2. The van der Waals surface area contributed by atoms with Crippen molar-refractivity contribution in [1.82, 2.24) is 15.2 Å². The molecule has 1 aromatic carbocycles. The summed E-state index contributed by atoms with van der Waals surface area (Å²) in [5.74, 6) is 0.656. The normalized spacial score (nSPS) is 19.5. The zero-order valence-corrected chi connectivity index (χ0v) is 11.6. The van der Waals surface area contributed by atoms with E-state index in [0.29, 0.717) is 17.4 Å². The van der Waals surface area contributed by atoms with Crippen molar-refractivity contribution in [3.63, 3.8) is 0 Å². The number of aromatic nitrogens is 3. The van der Waals surface area contributed by atoms with Gasteiger partial charge in [-0.3, -0.25) is 0 Å². The lowest BCUT2D eigenvalue weighted by atomic mass is 9.76. The first-order valence-corrected chi connectivity index (χ1v) is 6.98. The van der Waals surface area contributed by atoms with Crippen LogP contribution in [0, 0.1) is 5.41 Å². The highest BCUT2D eigenvalue weighted by Crippen LogP contribution is 2.35. The van der Waals surface area contributed by atoms with E-state index in [-0.39, 0.29) is 0 Å². The average molecular weight is 256 g/mol. The number of fused-ring (bicyclic) bond motifs is 1. The summed E-state index contributed by atoms with van der Waals surface area (Å²) in [6.07, 6.45) is 4.88. The quantitative estimate of drug-likeness (QED) is 0.894. The fraction of sp³-hybridized carbons (Fsp3) is 0.533. The number of hydrogen-bond acceptors (Lipinski definition) is 4. The monoisotopic (exact) mass is 256 g/mol. The third-order valence-electron chi connectivity index (χ3n) is 4.03. The number of benzene rings is 1. The van der Waals surface area contributed by atoms with Crippen LogP contribution in [0.15, 0.2) is 24.3 Å². The van der Waals surface area contributed by atoms with Crippen LogP contribution < -0.4 is 5.32 Å². The Morgan fingerprint density at radius 2 is 1.74 bits per heavy atom. The molecule has 19 heavy (non-hydrogen) atoms. The molecule has 1 saturated carbocycles. The maximum atomic E-state index is 4.52. The minimum atomic E-state index is 0.482. The zero-order chi connectivity index (χ0) is 13.3. The van der Waals surface area contributed by atoms with Gasteiger partial charge in [-0.05, 0) is 43.2 Å². The highest BCUT2D eigenvalue weighted by molar-refractivity contribution is 5.74. The summed E-state index contributed by atoms with van der Waals surface area (Å²) in [5.41, 5.74) is 2.23. The van der Waals surface area contributed by atoms with Crippen molar-refractivity contribution in [1.29, 1.82) is 0 Å². The Labute approximate surface area is 113 Å². The second kappa shape index (κ2) is 4.76. The predicted octanol–water partition coefficient (Wildman–Crippen LogP) is 3.41. The van der Waals surface area contributed by atoms with E-state index in [2.05, 4.69) is 34.3 Å². The van der Waals surface area contributed by atoms with Gasteiger partial charge >= 0.3 is 0 Å². The molecule has 0 atom stereocenters. The van der Waals surface area contributed by atoms with Crippen LogP contribution in [-0.2, 0) is 0 Å². The van der Waals surface area contributed by atoms with E-state index in [4.69, 9.17) is 0 Å². The smallest absolute Gasteiger partial charge is 0.243 e. The van der Waals surface area contributed by atoms with Gasteiger partial charge in [0.05, 0.1) is 5.52 Å². The Morgan fingerprint density at radius 3 is 2.47 bits per heavy atom. The molecule has 0 amide bonds. The van der Waals surface area contributed by atoms with Crippen LogP contribution in [0.1, 0.15) is 39.5 Å². The Hall–Kier alpha value is -1.71. The summed E-state index contributed by atoms with van der Waals surface area (Å²) in [4.78, 5) is 4.52. The van der Waals surface area contributed by atoms with Crippen LogP contribution in [0.4, 0.5) is 5.95 Å². The summed E-state index contributed by atoms with van der Waals surface area (Å²) in [6, 6.07) is 8.32. The molecule has 3 rings (SSSR count). The minimum absolute atomic E-state index is 0.482. The van der Waals surface area contributed by atoms with Crippen LogP contribution in [0.3, 0.4) is 0 Å². The van der Waals surface area contributed by atoms with Gasteiger partial charge in [0.1, 0.15) is 5.52 Å². The van der Waals surface area contributed by atoms with Crippen LogP contribution in [-0.4, -0.2) is 21.2 Å². The first-order chi connectivity index (χ1) is 9.12. The molecule has 1 aliphatic rings. The molecule has 1 aliphatic carbocycles. The molecule has 0 spiro atoms. The fourth-order valence-electron chi connectivity index (χ4n) is 2.67. The van der Waals surface area contributed by atoms with Gasteiger partial charge in [0, 0.05) is 6.04 Å². The Kier molecular flexibility index (Phi) is 3.09. The molecule has 1 N–H and O–H groups in total. The Morgan fingerprint density at radius 1 is 1.05 bits per heavy atom. The van der Waals surface area contributed by atoms with Gasteiger partial charge in [-0.2, -0.15) is 0 Å². The molecule has 2 aromatic rings. The number of anilines is 1. The van der Waals surface area contributed by atoms with Crippen LogP contribution >= 0.6 is 0 Å². The number of rotatable bonds is 2. The molecular weight excluding hydrogens is 236 g/mol. The van der Waals surface area contributed by atoms with Crippen LogP contribution in [0.25, 0.3) is 11.0 Å². The highest BCUT2D eigenvalue weighted by Gasteiger charge is 2.27. The van der Waals surface area contributed by atoms with Crippen molar-refractivity contribution in [2.24, 2.45) is 5.41 Å². The summed E-state index contributed by atoms with van der Waals surface area (Å²) in [5, 5.41) is 11.8. The summed E-state index contributed by atoms with van der Waals surface area (Å²) >= 11 is 0. The van der Waals surface area contributed by atoms with E-state index in [0.717, 1.165) is 11.0 Å². The number of para-hydroxylation sites is 1. The van der Waals surface area contributed by atoms with Crippen molar-refractivity contribution in [3.8, 4) is 0 Å². The van der Waals surface area contributed by atoms with E-state index >= 15 is 0 Å². The molecule has 0 radical (unpaired) electrons. The van der Waals surface area contributed by atoms with Gasteiger partial charge in [0.15, 0.2) is 0 Å². The Bertz CT molecular complexity index is 569. The van der Waals surface area contributed by atoms with E-state index in [1.807, 2.05) is 24.3 Å². The Balaban J connectivity index is 1.72. The topological polar surface area (TPSA) is 50.7 Å². The van der Waals surface area contributed by atoms with E-state index < -0.39 is 0 Å². The van der Waals surface area contributed by atoms with Crippen molar-refractivity contribution in [2.45, 2.75) is 45.6 Å². The second-order valence-electron chi connectivity index (χ2n) is 6.21. The van der Waals surface area contributed by atoms with Gasteiger partial charge in [0.25, 0.3) is 0 Å². The van der Waals surface area contributed by atoms with E-state index in [1.165, 1.54) is 25.7 Å². The molecule has 1 fully saturated rings. The summed E-state index contributed by atoms with van der Waals surface area (Å²) < 4.78 is 0. The standard InChI is InChI=1S/C15H20N4/c1-15(2)9-7-11(8-10-15)16-14-17-12-5-3-4-6-13(12)18-19-14/h3-6,11H,7-10H2,1-2H3,(H,16,17,19). The number of nitrogens with zero attached hydrogens (tertiary/aromatic N) is 3. The van der Waals surface area contributed by atoms with Gasteiger partial charge in [-0.25, -0.2) is 4.98 Å². The first-order valence-electron chi connectivity index (χ1n) is 6.98. The van der Waals surface area contributed by atoms with Crippen LogP contribution in [0.2, 0.25) is 0 Å². The van der Waals surface area contributed by atoms with Crippen molar-refractivity contribution >= 4 is 17.0 Å². The lowest BCUT2D eigenvalue weighted by Gasteiger charge is -2.34. The number of hydrogen-bond donors (Lipinski definition) is 1.